The highest BCUT2D eigenvalue weighted by molar-refractivity contribution is 5.94. The Morgan fingerprint density at radius 1 is 1.26 bits per heavy atom. The van der Waals surface area contributed by atoms with Crippen molar-refractivity contribution in [3.63, 3.8) is 0 Å². The monoisotopic (exact) mass is 264 g/mol. The summed E-state index contributed by atoms with van der Waals surface area (Å²) in [6.07, 6.45) is 0.895. The van der Waals surface area contributed by atoms with Crippen LogP contribution in [0.4, 0.5) is 0 Å². The molecule has 0 atom stereocenters. The number of rotatable bonds is 7. The Bertz CT molecular complexity index is 415. The fourth-order valence-electron chi connectivity index (χ4n) is 1.56. The Morgan fingerprint density at radius 3 is 2.53 bits per heavy atom. The fourth-order valence-corrected chi connectivity index (χ4v) is 1.56. The Hall–Kier alpha value is -1.88. The highest BCUT2D eigenvalue weighted by Crippen LogP contribution is 2.03. The maximum absolute atomic E-state index is 11.8. The molecule has 0 radical (unpaired) electrons. The summed E-state index contributed by atoms with van der Waals surface area (Å²) in [6, 6.07) is 7.13. The second-order valence-electron chi connectivity index (χ2n) is 4.07. The van der Waals surface area contributed by atoms with Gasteiger partial charge in [-0.1, -0.05) is 12.1 Å². The fraction of sp³-hybridized carbons (Fsp3) is 0.429. The summed E-state index contributed by atoms with van der Waals surface area (Å²) in [5.74, 6) is -0.378. The van der Waals surface area contributed by atoms with E-state index >= 15 is 0 Å². The van der Waals surface area contributed by atoms with Gasteiger partial charge in [0.05, 0.1) is 6.61 Å². The van der Waals surface area contributed by atoms with E-state index in [0.717, 1.165) is 5.56 Å². The summed E-state index contributed by atoms with van der Waals surface area (Å²) in [5.41, 5.74) is 7.06. The molecule has 0 aromatic heterocycles. The molecule has 1 aromatic rings. The Balaban J connectivity index is 2.29. The largest absolute Gasteiger partial charge is 0.466 e. The molecule has 0 aliphatic rings. The first-order valence-electron chi connectivity index (χ1n) is 6.40. The number of amides is 1. The lowest BCUT2D eigenvalue weighted by molar-refractivity contribution is -0.143. The molecule has 5 heteroatoms. The van der Waals surface area contributed by atoms with Gasteiger partial charge in [-0.05, 0) is 31.0 Å². The summed E-state index contributed by atoms with van der Waals surface area (Å²) in [5, 5.41) is 2.76. The van der Waals surface area contributed by atoms with Crippen molar-refractivity contribution in [1.82, 2.24) is 5.32 Å². The Morgan fingerprint density at radius 2 is 1.95 bits per heavy atom. The number of esters is 1. The van der Waals surface area contributed by atoms with E-state index in [9.17, 15) is 9.59 Å². The van der Waals surface area contributed by atoms with Crippen molar-refractivity contribution >= 4 is 11.9 Å². The number of hydrogen-bond donors (Lipinski definition) is 2. The molecule has 5 nitrogen and oxygen atoms in total. The van der Waals surface area contributed by atoms with Gasteiger partial charge in [0.25, 0.3) is 5.91 Å². The molecule has 3 N–H and O–H groups in total. The highest BCUT2D eigenvalue weighted by atomic mass is 16.5. The van der Waals surface area contributed by atoms with Gasteiger partial charge in [0, 0.05) is 25.1 Å². The second-order valence-corrected chi connectivity index (χ2v) is 4.07. The van der Waals surface area contributed by atoms with Crippen molar-refractivity contribution in [2.45, 2.75) is 26.3 Å². The summed E-state index contributed by atoms with van der Waals surface area (Å²) < 4.78 is 4.80. The van der Waals surface area contributed by atoms with Crippen LogP contribution in [0.1, 0.15) is 35.7 Å². The van der Waals surface area contributed by atoms with E-state index in [1.54, 1.807) is 19.1 Å². The molecule has 0 saturated heterocycles. The number of nitrogens with two attached hydrogens (primary N) is 1. The van der Waals surface area contributed by atoms with Crippen LogP contribution in [0.15, 0.2) is 24.3 Å². The summed E-state index contributed by atoms with van der Waals surface area (Å²) in [6.45, 7) is 3.07. The zero-order chi connectivity index (χ0) is 14.1. The van der Waals surface area contributed by atoms with Crippen molar-refractivity contribution in [3.8, 4) is 0 Å². The van der Waals surface area contributed by atoms with E-state index in [2.05, 4.69) is 5.32 Å². The first-order valence-corrected chi connectivity index (χ1v) is 6.40. The van der Waals surface area contributed by atoms with Gasteiger partial charge in [-0.15, -0.1) is 0 Å². The molecule has 0 fully saturated rings. The molecule has 0 saturated carbocycles. The molecule has 104 valence electrons. The van der Waals surface area contributed by atoms with Crippen LogP contribution < -0.4 is 11.1 Å². The van der Waals surface area contributed by atoms with E-state index < -0.39 is 0 Å². The maximum atomic E-state index is 11.8. The van der Waals surface area contributed by atoms with Gasteiger partial charge in [-0.2, -0.15) is 0 Å². The Labute approximate surface area is 113 Å². The minimum absolute atomic E-state index is 0.146. The van der Waals surface area contributed by atoms with Crippen LogP contribution in [-0.2, 0) is 16.1 Å². The summed E-state index contributed by atoms with van der Waals surface area (Å²) in [7, 11) is 0. The van der Waals surface area contributed by atoms with E-state index in [0.29, 0.717) is 38.1 Å². The van der Waals surface area contributed by atoms with Gasteiger partial charge in [0.15, 0.2) is 0 Å². The van der Waals surface area contributed by atoms with E-state index in [-0.39, 0.29) is 11.9 Å². The van der Waals surface area contributed by atoms with Gasteiger partial charge in [0.1, 0.15) is 0 Å². The highest BCUT2D eigenvalue weighted by Gasteiger charge is 2.05. The number of carbonyl (C=O) groups excluding carboxylic acids is 2. The quantitative estimate of drug-likeness (QED) is 0.573. The molecular formula is C14H20N2O3. The van der Waals surface area contributed by atoms with Crippen LogP contribution in [-0.4, -0.2) is 25.0 Å². The lowest BCUT2D eigenvalue weighted by Crippen LogP contribution is -2.25. The third-order valence-corrected chi connectivity index (χ3v) is 2.60. The molecule has 1 aromatic carbocycles. The van der Waals surface area contributed by atoms with Crippen molar-refractivity contribution in [2.24, 2.45) is 5.73 Å². The predicted molar refractivity (Wildman–Crippen MR) is 72.5 cm³/mol. The average molecular weight is 264 g/mol. The number of benzene rings is 1. The van der Waals surface area contributed by atoms with Crippen LogP contribution >= 0.6 is 0 Å². The molecule has 0 bridgehead atoms. The van der Waals surface area contributed by atoms with Crippen LogP contribution in [0.3, 0.4) is 0 Å². The first-order chi connectivity index (χ1) is 9.17. The van der Waals surface area contributed by atoms with Crippen molar-refractivity contribution in [3.05, 3.63) is 35.4 Å². The summed E-state index contributed by atoms with van der Waals surface area (Å²) in [4.78, 5) is 22.8. The average Bonchev–Trinajstić information content (AvgIpc) is 2.44. The van der Waals surface area contributed by atoms with E-state index in [4.69, 9.17) is 10.5 Å². The molecule has 0 heterocycles. The Kier molecular flexibility index (Phi) is 6.60. The molecule has 0 aliphatic carbocycles. The van der Waals surface area contributed by atoms with Gasteiger partial charge < -0.3 is 15.8 Å². The lowest BCUT2D eigenvalue weighted by atomic mass is 10.1. The number of carbonyl (C=O) groups is 2. The lowest BCUT2D eigenvalue weighted by Gasteiger charge is -2.06. The molecule has 1 amide bonds. The van der Waals surface area contributed by atoms with Crippen molar-refractivity contribution in [1.29, 1.82) is 0 Å². The van der Waals surface area contributed by atoms with Gasteiger partial charge >= 0.3 is 5.97 Å². The third kappa shape index (κ3) is 5.52. The van der Waals surface area contributed by atoms with Gasteiger partial charge in [-0.3, -0.25) is 9.59 Å². The first kappa shape index (κ1) is 15.2. The predicted octanol–water partition coefficient (Wildman–Crippen LogP) is 1.22. The molecule has 0 spiro atoms. The maximum Gasteiger partial charge on any atom is 0.305 e. The topological polar surface area (TPSA) is 81.4 Å². The van der Waals surface area contributed by atoms with Crippen LogP contribution in [0.2, 0.25) is 0 Å². The molecule has 0 unspecified atom stereocenters. The zero-order valence-corrected chi connectivity index (χ0v) is 11.1. The van der Waals surface area contributed by atoms with Crippen LogP contribution in [0.5, 0.6) is 0 Å². The normalized spacial score (nSPS) is 10.0. The smallest absolute Gasteiger partial charge is 0.305 e. The third-order valence-electron chi connectivity index (χ3n) is 2.60. The van der Waals surface area contributed by atoms with E-state index in [1.807, 2.05) is 12.1 Å². The SMILES string of the molecule is CCOC(=O)CCCNC(=O)c1ccc(CN)cc1. The van der Waals surface area contributed by atoms with Gasteiger partial charge in [-0.25, -0.2) is 0 Å². The standard InChI is InChI=1S/C14H20N2O3/c1-2-19-13(17)4-3-9-16-14(18)12-7-5-11(10-15)6-8-12/h5-8H,2-4,9-10,15H2,1H3,(H,16,18). The van der Waals surface area contributed by atoms with Crippen molar-refractivity contribution in [2.75, 3.05) is 13.2 Å². The molecule has 1 rings (SSSR count). The summed E-state index contributed by atoms with van der Waals surface area (Å²) >= 11 is 0. The zero-order valence-electron chi connectivity index (χ0n) is 11.1. The molecule has 19 heavy (non-hydrogen) atoms. The van der Waals surface area contributed by atoms with Crippen molar-refractivity contribution < 1.29 is 14.3 Å². The second kappa shape index (κ2) is 8.26. The molecular weight excluding hydrogens is 244 g/mol. The van der Waals surface area contributed by atoms with Crippen LogP contribution in [0, 0.1) is 0 Å². The number of ether oxygens (including phenoxy) is 1. The molecule has 0 aliphatic heterocycles. The minimum atomic E-state index is -0.232. The minimum Gasteiger partial charge on any atom is -0.466 e. The number of hydrogen-bond acceptors (Lipinski definition) is 4. The van der Waals surface area contributed by atoms with E-state index in [1.165, 1.54) is 0 Å². The van der Waals surface area contributed by atoms with Crippen LogP contribution in [0.25, 0.3) is 0 Å². The number of nitrogens with one attached hydrogen (secondary N) is 1. The van der Waals surface area contributed by atoms with Gasteiger partial charge in [0.2, 0.25) is 0 Å².